The normalized spacial score (nSPS) is 14.9. The summed E-state index contributed by atoms with van der Waals surface area (Å²) in [6, 6.07) is 8.58. The molecule has 1 aliphatic rings. The van der Waals surface area contributed by atoms with Crippen molar-refractivity contribution in [3.05, 3.63) is 59.7 Å². The summed E-state index contributed by atoms with van der Waals surface area (Å²) in [6.07, 6.45) is 9.33. The van der Waals surface area contributed by atoms with Crippen LogP contribution in [0, 0.1) is 0 Å². The number of hydrogen-bond acceptors (Lipinski definition) is 1. The number of hydrogen-bond donors (Lipinski definition) is 0. The van der Waals surface area contributed by atoms with Gasteiger partial charge in [0.15, 0.2) is 0 Å². The van der Waals surface area contributed by atoms with E-state index in [1.54, 1.807) is 0 Å². The summed E-state index contributed by atoms with van der Waals surface area (Å²) >= 11 is 0. The number of imidazole rings is 1. The maximum atomic E-state index is 4.38. The van der Waals surface area contributed by atoms with Crippen LogP contribution in [0.5, 0.6) is 0 Å². The molecular formula is C14H14Cl2CrN2. The SMILES string of the molecule is Cn1ccnc1CC1C=Cc2ccccc21.[Cl-].[Cl-].[Cr+2]. The second-order valence-electron chi connectivity index (χ2n) is 4.25. The van der Waals surface area contributed by atoms with Crippen LogP contribution in [0.2, 0.25) is 0 Å². The van der Waals surface area contributed by atoms with Crippen LogP contribution in [0.4, 0.5) is 0 Å². The summed E-state index contributed by atoms with van der Waals surface area (Å²) in [7, 11) is 2.05. The Hall–Kier alpha value is -0.718. The zero-order valence-electron chi connectivity index (χ0n) is 10.5. The van der Waals surface area contributed by atoms with E-state index < -0.39 is 0 Å². The molecule has 0 fully saturated rings. The van der Waals surface area contributed by atoms with E-state index in [9.17, 15) is 0 Å². The van der Waals surface area contributed by atoms with E-state index in [0.717, 1.165) is 12.2 Å². The average molecular weight is 333 g/mol. The summed E-state index contributed by atoms with van der Waals surface area (Å²) in [5.74, 6) is 1.63. The average Bonchev–Trinajstić information content (AvgIpc) is 2.88. The Balaban J connectivity index is 0.00000108. The van der Waals surface area contributed by atoms with E-state index in [1.165, 1.54) is 11.1 Å². The summed E-state index contributed by atoms with van der Waals surface area (Å²) in [5, 5.41) is 0. The molecule has 1 aliphatic carbocycles. The maximum absolute atomic E-state index is 4.38. The Morgan fingerprint density at radius 3 is 2.63 bits per heavy atom. The first-order valence-corrected chi connectivity index (χ1v) is 5.58. The molecule has 1 aromatic carbocycles. The topological polar surface area (TPSA) is 17.8 Å². The molecular weight excluding hydrogens is 319 g/mol. The molecule has 1 aromatic heterocycles. The van der Waals surface area contributed by atoms with Crippen molar-refractivity contribution in [1.82, 2.24) is 9.55 Å². The van der Waals surface area contributed by atoms with Crippen molar-refractivity contribution in [2.45, 2.75) is 12.3 Å². The van der Waals surface area contributed by atoms with E-state index in [1.807, 2.05) is 19.4 Å². The fourth-order valence-corrected chi connectivity index (χ4v) is 2.29. The van der Waals surface area contributed by atoms with Crippen LogP contribution in [0.25, 0.3) is 6.08 Å². The van der Waals surface area contributed by atoms with Crippen LogP contribution in [-0.2, 0) is 30.8 Å². The molecule has 0 spiro atoms. The third kappa shape index (κ3) is 3.64. The predicted octanol–water partition coefficient (Wildman–Crippen LogP) is -3.22. The van der Waals surface area contributed by atoms with Crippen LogP contribution in [0.15, 0.2) is 42.7 Å². The quantitative estimate of drug-likeness (QED) is 0.566. The van der Waals surface area contributed by atoms with Gasteiger partial charge in [0.05, 0.1) is 0 Å². The van der Waals surface area contributed by atoms with Crippen molar-refractivity contribution in [2.24, 2.45) is 7.05 Å². The zero-order chi connectivity index (χ0) is 11.0. The van der Waals surface area contributed by atoms with Crippen molar-refractivity contribution < 1.29 is 42.2 Å². The van der Waals surface area contributed by atoms with Crippen molar-refractivity contribution in [3.63, 3.8) is 0 Å². The van der Waals surface area contributed by atoms with E-state index >= 15 is 0 Å². The number of aryl methyl sites for hydroxylation is 1. The van der Waals surface area contributed by atoms with Gasteiger partial charge in [-0.15, -0.1) is 0 Å². The Kier molecular flexibility index (Phi) is 7.48. The Morgan fingerprint density at radius 1 is 1.21 bits per heavy atom. The van der Waals surface area contributed by atoms with Gasteiger partial charge < -0.3 is 29.4 Å². The summed E-state index contributed by atoms with van der Waals surface area (Å²) in [4.78, 5) is 4.38. The number of benzene rings is 1. The molecule has 5 heteroatoms. The molecule has 0 N–H and O–H groups in total. The van der Waals surface area contributed by atoms with Crippen molar-refractivity contribution >= 4 is 6.08 Å². The predicted molar refractivity (Wildman–Crippen MR) is 65.1 cm³/mol. The van der Waals surface area contributed by atoms with Crippen LogP contribution in [0.1, 0.15) is 22.9 Å². The number of aromatic nitrogens is 2. The van der Waals surface area contributed by atoms with Gasteiger partial charge in [-0.1, -0.05) is 36.4 Å². The van der Waals surface area contributed by atoms with Crippen LogP contribution in [0.3, 0.4) is 0 Å². The molecule has 1 atom stereocenters. The molecule has 2 nitrogen and oxygen atoms in total. The van der Waals surface area contributed by atoms with Crippen molar-refractivity contribution in [3.8, 4) is 0 Å². The van der Waals surface area contributed by atoms with E-state index in [-0.39, 0.29) is 42.2 Å². The fraction of sp³-hybridized carbons (Fsp3) is 0.214. The molecule has 0 saturated heterocycles. The summed E-state index contributed by atoms with van der Waals surface area (Å²) in [6.45, 7) is 0. The molecule has 0 radical (unpaired) electrons. The molecule has 1 heterocycles. The molecule has 0 saturated carbocycles. The van der Waals surface area contributed by atoms with E-state index in [4.69, 9.17) is 0 Å². The minimum Gasteiger partial charge on any atom is -1.00 e. The summed E-state index contributed by atoms with van der Waals surface area (Å²) in [5.41, 5.74) is 2.77. The zero-order valence-corrected chi connectivity index (χ0v) is 13.2. The first-order valence-electron chi connectivity index (χ1n) is 5.58. The van der Waals surface area contributed by atoms with Gasteiger partial charge in [-0.25, -0.2) is 4.98 Å². The number of nitrogens with zero attached hydrogens (tertiary/aromatic N) is 2. The monoisotopic (exact) mass is 332 g/mol. The first-order chi connectivity index (χ1) is 7.84. The molecule has 3 rings (SSSR count). The fourth-order valence-electron chi connectivity index (χ4n) is 2.29. The molecule has 1 unspecified atom stereocenters. The molecule has 0 amide bonds. The molecule has 19 heavy (non-hydrogen) atoms. The third-order valence-electron chi connectivity index (χ3n) is 3.23. The Morgan fingerprint density at radius 2 is 1.95 bits per heavy atom. The van der Waals surface area contributed by atoms with Gasteiger partial charge in [-0.3, -0.25) is 0 Å². The second-order valence-corrected chi connectivity index (χ2v) is 4.25. The number of allylic oxidation sites excluding steroid dienone is 1. The van der Waals surface area contributed by atoms with E-state index in [0.29, 0.717) is 5.92 Å². The van der Waals surface area contributed by atoms with Gasteiger partial charge in [0, 0.05) is 31.8 Å². The van der Waals surface area contributed by atoms with Crippen molar-refractivity contribution in [2.75, 3.05) is 0 Å². The van der Waals surface area contributed by atoms with Crippen LogP contribution >= 0.6 is 0 Å². The first kappa shape index (κ1) is 18.3. The van der Waals surface area contributed by atoms with Crippen LogP contribution in [-0.4, -0.2) is 9.55 Å². The van der Waals surface area contributed by atoms with Gasteiger partial charge in [-0.05, 0) is 11.1 Å². The minimum atomic E-state index is 0. The van der Waals surface area contributed by atoms with Crippen LogP contribution < -0.4 is 24.8 Å². The van der Waals surface area contributed by atoms with Gasteiger partial charge in [0.25, 0.3) is 0 Å². The third-order valence-corrected chi connectivity index (χ3v) is 3.23. The van der Waals surface area contributed by atoms with Gasteiger partial charge in [-0.2, -0.15) is 0 Å². The molecule has 2 aromatic rings. The second kappa shape index (κ2) is 7.77. The summed E-state index contributed by atoms with van der Waals surface area (Å²) < 4.78 is 2.09. The minimum absolute atomic E-state index is 0. The largest absolute Gasteiger partial charge is 2.00 e. The number of fused-ring (bicyclic) bond motifs is 1. The molecule has 100 valence electrons. The Bertz CT molecular complexity index is 552. The van der Waals surface area contributed by atoms with Gasteiger partial charge in [0.2, 0.25) is 0 Å². The standard InChI is InChI=1S/C14H14N2.2ClH.Cr/c1-16-9-8-15-14(16)10-12-7-6-11-4-2-3-5-13(11)12;;;/h2-9,12H,10H2,1H3;2*1H;/q;;;+2/p-2. The van der Waals surface area contributed by atoms with Crippen molar-refractivity contribution in [1.29, 1.82) is 0 Å². The van der Waals surface area contributed by atoms with Gasteiger partial charge in [0.1, 0.15) is 5.82 Å². The Labute approximate surface area is 136 Å². The number of halogens is 2. The smallest absolute Gasteiger partial charge is 1.00 e. The number of rotatable bonds is 2. The molecule has 0 aliphatic heterocycles. The maximum Gasteiger partial charge on any atom is 2.00 e. The van der Waals surface area contributed by atoms with E-state index in [2.05, 4.69) is 46.0 Å². The van der Waals surface area contributed by atoms with Gasteiger partial charge >= 0.3 is 17.4 Å². The molecule has 0 bridgehead atoms.